The van der Waals surface area contributed by atoms with Crippen LogP contribution in [0.3, 0.4) is 0 Å². The number of hydrogen-bond donors (Lipinski definition) is 0. The molecular weight excluding hydrogens is 554 g/mol. The van der Waals surface area contributed by atoms with Gasteiger partial charge in [-0.2, -0.15) is 0 Å². The lowest BCUT2D eigenvalue weighted by Crippen LogP contribution is -1.97. The van der Waals surface area contributed by atoms with Crippen molar-refractivity contribution in [1.82, 2.24) is 5.16 Å². The molecule has 0 spiro atoms. The number of nitrogens with zero attached hydrogens (tertiary/aromatic N) is 1. The van der Waals surface area contributed by atoms with Crippen molar-refractivity contribution in [2.24, 2.45) is 0 Å². The molecule has 0 saturated heterocycles. The van der Waals surface area contributed by atoms with E-state index in [-0.39, 0.29) is 0 Å². The van der Waals surface area contributed by atoms with Crippen LogP contribution >= 0.6 is 0 Å². The van der Waals surface area contributed by atoms with Crippen LogP contribution in [0, 0.1) is 11.8 Å². The number of aromatic nitrogens is 1. The molecule has 4 aromatic rings. The minimum Gasteiger partial charge on any atom is -0.494 e. The first-order valence-corrected chi connectivity index (χ1v) is 17.6. The maximum absolute atomic E-state index is 6.03. The van der Waals surface area contributed by atoms with Crippen LogP contribution in [0.25, 0.3) is 22.0 Å². The zero-order valence-electron chi connectivity index (χ0n) is 27.8. The number of benzene rings is 3. The Balaban J connectivity index is 1.19. The second kappa shape index (κ2) is 20.3. The van der Waals surface area contributed by atoms with E-state index in [1.54, 1.807) is 0 Å². The standard InChI is InChI=1S/C41H53NO3/c1-3-5-7-9-11-13-15-17-29-43-38-26-22-35(23-27-38)41-33-40(45-42-41)25-20-34-19-21-37-32-39(28-24-36(37)31-34)44-30-18-16-14-12-10-8-6-4-2/h19,21-24,26-28,31-33H,3-18,29-30H2,1-2H3. The Hall–Kier alpha value is -3.71. The molecule has 4 heteroatoms. The first-order valence-electron chi connectivity index (χ1n) is 17.6. The van der Waals surface area contributed by atoms with Crippen molar-refractivity contribution in [1.29, 1.82) is 0 Å². The van der Waals surface area contributed by atoms with Gasteiger partial charge in [-0.3, -0.25) is 0 Å². The Kier molecular flexibility index (Phi) is 15.4. The van der Waals surface area contributed by atoms with E-state index in [0.717, 1.165) is 65.1 Å². The molecule has 240 valence electrons. The number of fused-ring (bicyclic) bond motifs is 1. The van der Waals surface area contributed by atoms with Gasteiger partial charge in [0, 0.05) is 17.2 Å². The van der Waals surface area contributed by atoms with E-state index in [2.05, 4.69) is 61.2 Å². The highest BCUT2D eigenvalue weighted by atomic mass is 16.5. The van der Waals surface area contributed by atoms with Crippen molar-refractivity contribution in [2.75, 3.05) is 13.2 Å². The molecule has 3 aromatic carbocycles. The van der Waals surface area contributed by atoms with Gasteiger partial charge in [-0.1, -0.05) is 127 Å². The van der Waals surface area contributed by atoms with Gasteiger partial charge < -0.3 is 14.0 Å². The molecule has 0 atom stereocenters. The predicted octanol–water partition coefficient (Wildman–Crippen LogP) is 11.9. The SMILES string of the molecule is CCCCCCCCCCOc1ccc(-c2cc(C#Cc3ccc4cc(OCCCCCCCCCC)ccc4c3)on2)cc1. The van der Waals surface area contributed by atoms with Gasteiger partial charge in [0.1, 0.15) is 17.2 Å². The summed E-state index contributed by atoms with van der Waals surface area (Å²) >= 11 is 0. The third-order valence-corrected chi connectivity index (χ3v) is 8.34. The normalized spacial score (nSPS) is 11.0. The molecule has 0 amide bonds. The summed E-state index contributed by atoms with van der Waals surface area (Å²) in [7, 11) is 0. The Morgan fingerprint density at radius 3 is 1.71 bits per heavy atom. The molecule has 0 aliphatic rings. The predicted molar refractivity (Wildman–Crippen MR) is 188 cm³/mol. The fourth-order valence-electron chi connectivity index (χ4n) is 5.57. The first-order chi connectivity index (χ1) is 22.2. The number of ether oxygens (including phenoxy) is 2. The van der Waals surface area contributed by atoms with Crippen molar-refractivity contribution < 1.29 is 14.0 Å². The molecule has 1 aromatic heterocycles. The molecular formula is C41H53NO3. The van der Waals surface area contributed by atoms with Crippen LogP contribution in [0.2, 0.25) is 0 Å². The fraction of sp³-hybridized carbons (Fsp3) is 0.488. The van der Waals surface area contributed by atoms with Gasteiger partial charge in [-0.05, 0) is 78.1 Å². The zero-order chi connectivity index (χ0) is 31.4. The lowest BCUT2D eigenvalue weighted by molar-refractivity contribution is 0.304. The molecule has 0 fully saturated rings. The van der Waals surface area contributed by atoms with Crippen LogP contribution in [0.15, 0.2) is 71.3 Å². The van der Waals surface area contributed by atoms with E-state index < -0.39 is 0 Å². The minimum atomic E-state index is 0.546. The van der Waals surface area contributed by atoms with E-state index in [1.807, 2.05) is 36.4 Å². The van der Waals surface area contributed by atoms with Crippen molar-refractivity contribution in [2.45, 2.75) is 117 Å². The van der Waals surface area contributed by atoms with Gasteiger partial charge in [0.25, 0.3) is 0 Å². The van der Waals surface area contributed by atoms with Gasteiger partial charge in [0.05, 0.1) is 13.2 Å². The largest absolute Gasteiger partial charge is 0.494 e. The molecule has 45 heavy (non-hydrogen) atoms. The lowest BCUT2D eigenvalue weighted by atomic mass is 10.1. The van der Waals surface area contributed by atoms with E-state index >= 15 is 0 Å². The molecule has 0 N–H and O–H groups in total. The maximum Gasteiger partial charge on any atom is 0.210 e. The highest BCUT2D eigenvalue weighted by Crippen LogP contribution is 2.24. The van der Waals surface area contributed by atoms with Crippen LogP contribution < -0.4 is 9.47 Å². The molecule has 0 unspecified atom stereocenters. The maximum atomic E-state index is 6.03. The number of unbranched alkanes of at least 4 members (excludes halogenated alkanes) is 14. The third-order valence-electron chi connectivity index (χ3n) is 8.34. The summed E-state index contributed by atoms with van der Waals surface area (Å²) in [5, 5.41) is 6.53. The number of rotatable bonds is 21. The van der Waals surface area contributed by atoms with Crippen LogP contribution in [0.1, 0.15) is 128 Å². The average Bonchev–Trinajstić information content (AvgIpc) is 3.55. The molecule has 0 bridgehead atoms. The summed E-state index contributed by atoms with van der Waals surface area (Å²) in [5.74, 6) is 8.72. The Morgan fingerprint density at radius 1 is 0.533 bits per heavy atom. The highest BCUT2D eigenvalue weighted by Gasteiger charge is 2.06. The second-order valence-corrected chi connectivity index (χ2v) is 12.2. The third kappa shape index (κ3) is 12.7. The Labute approximate surface area is 271 Å². The summed E-state index contributed by atoms with van der Waals surface area (Å²) in [5.41, 5.74) is 2.69. The van der Waals surface area contributed by atoms with Crippen LogP contribution in [0.4, 0.5) is 0 Å². The van der Waals surface area contributed by atoms with Crippen molar-refractivity contribution in [3.8, 4) is 34.6 Å². The van der Waals surface area contributed by atoms with Crippen LogP contribution in [-0.4, -0.2) is 18.4 Å². The molecule has 4 rings (SSSR count). The van der Waals surface area contributed by atoms with E-state index in [4.69, 9.17) is 14.0 Å². The second-order valence-electron chi connectivity index (χ2n) is 12.2. The Bertz CT molecular complexity index is 1440. The van der Waals surface area contributed by atoms with Gasteiger partial charge in [-0.25, -0.2) is 0 Å². The summed E-state index contributed by atoms with van der Waals surface area (Å²) in [6.07, 6.45) is 20.9. The van der Waals surface area contributed by atoms with Crippen molar-refractivity contribution in [3.05, 3.63) is 78.1 Å². The summed E-state index contributed by atoms with van der Waals surface area (Å²) in [4.78, 5) is 0. The number of hydrogen-bond acceptors (Lipinski definition) is 4. The van der Waals surface area contributed by atoms with E-state index in [1.165, 1.54) is 89.9 Å². The first kappa shape index (κ1) is 34.2. The average molecular weight is 608 g/mol. The monoisotopic (exact) mass is 607 g/mol. The van der Waals surface area contributed by atoms with E-state index in [0.29, 0.717) is 5.76 Å². The van der Waals surface area contributed by atoms with E-state index in [9.17, 15) is 0 Å². The van der Waals surface area contributed by atoms with Crippen molar-refractivity contribution in [3.63, 3.8) is 0 Å². The summed E-state index contributed by atoms with van der Waals surface area (Å²) in [6.45, 7) is 6.07. The van der Waals surface area contributed by atoms with Gasteiger partial charge in [0.2, 0.25) is 5.76 Å². The molecule has 0 saturated carbocycles. The summed E-state index contributed by atoms with van der Waals surface area (Å²) < 4.78 is 17.5. The molecule has 0 radical (unpaired) electrons. The Morgan fingerprint density at radius 2 is 1.07 bits per heavy atom. The van der Waals surface area contributed by atoms with Gasteiger partial charge in [-0.15, -0.1) is 0 Å². The summed E-state index contributed by atoms with van der Waals surface area (Å²) in [6, 6.07) is 22.5. The fourth-order valence-corrected chi connectivity index (χ4v) is 5.57. The van der Waals surface area contributed by atoms with Crippen LogP contribution in [-0.2, 0) is 0 Å². The molecule has 0 aliphatic heterocycles. The molecule has 1 heterocycles. The van der Waals surface area contributed by atoms with Gasteiger partial charge in [0.15, 0.2) is 0 Å². The minimum absolute atomic E-state index is 0.546. The smallest absolute Gasteiger partial charge is 0.210 e. The highest BCUT2D eigenvalue weighted by molar-refractivity contribution is 5.85. The lowest BCUT2D eigenvalue weighted by Gasteiger charge is -2.08. The van der Waals surface area contributed by atoms with Crippen LogP contribution in [0.5, 0.6) is 11.5 Å². The van der Waals surface area contributed by atoms with Gasteiger partial charge >= 0.3 is 0 Å². The zero-order valence-corrected chi connectivity index (χ0v) is 27.8. The van der Waals surface area contributed by atoms with Crippen molar-refractivity contribution >= 4 is 10.8 Å². The molecule has 4 nitrogen and oxygen atoms in total. The quantitative estimate of drug-likeness (QED) is 0.0698. The topological polar surface area (TPSA) is 44.5 Å². The molecule has 0 aliphatic carbocycles.